The molecule has 0 aliphatic carbocycles. The number of H-pyrrole nitrogens is 1. The maximum absolute atomic E-state index is 13.2. The molecule has 0 aliphatic rings. The molecule has 1 heterocycles. The molecule has 0 aliphatic heterocycles. The van der Waals surface area contributed by atoms with Gasteiger partial charge in [-0.2, -0.15) is 13.2 Å². The molecule has 146 valence electrons. The summed E-state index contributed by atoms with van der Waals surface area (Å²) in [5, 5.41) is 0.800. The molecule has 7 heteroatoms. The molecule has 1 N–H and O–H groups in total. The zero-order valence-corrected chi connectivity index (χ0v) is 15.4. The number of hydrogen-bond acceptors (Lipinski definition) is 2. The van der Waals surface area contributed by atoms with E-state index in [0.717, 1.165) is 17.0 Å². The lowest BCUT2D eigenvalue weighted by molar-refractivity contribution is -0.139. The van der Waals surface area contributed by atoms with Crippen molar-refractivity contribution < 1.29 is 18.0 Å². The first-order valence-corrected chi connectivity index (χ1v) is 8.69. The number of rotatable bonds is 4. The first-order valence-electron chi connectivity index (χ1n) is 8.69. The van der Waals surface area contributed by atoms with Gasteiger partial charge in [-0.1, -0.05) is 36.4 Å². The summed E-state index contributed by atoms with van der Waals surface area (Å²) in [4.78, 5) is 28.6. The molecule has 1 aromatic heterocycles. The van der Waals surface area contributed by atoms with Crippen LogP contribution in [0, 0.1) is 6.92 Å². The number of nitrogens with zero attached hydrogens (tertiary/aromatic N) is 1. The Hall–Kier alpha value is -3.09. The minimum Gasteiger partial charge on any atom is -0.334 e. The molecule has 28 heavy (non-hydrogen) atoms. The number of aromatic nitrogens is 1. The van der Waals surface area contributed by atoms with Gasteiger partial charge in [-0.05, 0) is 35.6 Å². The minimum atomic E-state index is -4.52. The number of para-hydroxylation sites is 1. The van der Waals surface area contributed by atoms with Crippen molar-refractivity contribution in [3.05, 3.63) is 81.1 Å². The van der Waals surface area contributed by atoms with Gasteiger partial charge in [-0.15, -0.1) is 0 Å². The van der Waals surface area contributed by atoms with E-state index in [0.29, 0.717) is 11.1 Å². The molecule has 0 bridgehead atoms. The Kier molecular flexibility index (Phi) is 5.27. The SMILES string of the molecule is CC(=O)N(Cc1ccccc1C(F)(F)F)Cc1cc2cccc(C)c2[nH]c1=O. The number of carbonyl (C=O) groups is 1. The zero-order valence-electron chi connectivity index (χ0n) is 15.4. The Bertz CT molecular complexity index is 1090. The summed E-state index contributed by atoms with van der Waals surface area (Å²) in [6.07, 6.45) is -4.52. The topological polar surface area (TPSA) is 53.2 Å². The van der Waals surface area contributed by atoms with Crippen molar-refractivity contribution in [3.63, 3.8) is 0 Å². The van der Waals surface area contributed by atoms with Gasteiger partial charge in [-0.25, -0.2) is 0 Å². The first-order chi connectivity index (χ1) is 13.2. The summed E-state index contributed by atoms with van der Waals surface area (Å²) in [5.74, 6) is -0.416. The predicted molar refractivity (Wildman–Crippen MR) is 101 cm³/mol. The molecule has 0 atom stereocenters. The van der Waals surface area contributed by atoms with Crippen molar-refractivity contribution in [2.24, 2.45) is 0 Å². The van der Waals surface area contributed by atoms with E-state index in [4.69, 9.17) is 0 Å². The molecule has 0 fully saturated rings. The summed E-state index contributed by atoms with van der Waals surface area (Å²) in [6.45, 7) is 2.82. The van der Waals surface area contributed by atoms with Crippen LogP contribution < -0.4 is 5.56 Å². The lowest BCUT2D eigenvalue weighted by Crippen LogP contribution is -2.31. The van der Waals surface area contributed by atoms with Crippen LogP contribution in [0.15, 0.2) is 53.3 Å². The largest absolute Gasteiger partial charge is 0.416 e. The molecular formula is C21H19F3N2O2. The molecule has 0 unspecified atom stereocenters. The van der Waals surface area contributed by atoms with E-state index in [2.05, 4.69) is 4.98 Å². The number of nitrogens with one attached hydrogen (secondary N) is 1. The zero-order chi connectivity index (χ0) is 20.5. The van der Waals surface area contributed by atoms with E-state index < -0.39 is 17.6 Å². The van der Waals surface area contributed by atoms with Crippen LogP contribution in [0.1, 0.15) is 29.2 Å². The van der Waals surface area contributed by atoms with Crippen LogP contribution in [0.3, 0.4) is 0 Å². The fourth-order valence-electron chi connectivity index (χ4n) is 3.17. The number of aromatic amines is 1. The summed E-state index contributed by atoms with van der Waals surface area (Å²) < 4.78 is 39.7. The summed E-state index contributed by atoms with van der Waals surface area (Å²) >= 11 is 0. The maximum Gasteiger partial charge on any atom is 0.416 e. The van der Waals surface area contributed by atoms with Gasteiger partial charge in [0.05, 0.1) is 17.6 Å². The highest BCUT2D eigenvalue weighted by Crippen LogP contribution is 2.32. The van der Waals surface area contributed by atoms with Gasteiger partial charge in [0, 0.05) is 19.0 Å². The number of alkyl halides is 3. The minimum absolute atomic E-state index is 0.0155. The standard InChI is InChI=1S/C21H19F3N2O2/c1-13-6-5-8-15-10-17(20(28)25-19(13)15)12-26(14(2)27)11-16-7-3-4-9-18(16)21(22,23)24/h3-10H,11-12H2,1-2H3,(H,25,28). The summed E-state index contributed by atoms with van der Waals surface area (Å²) in [7, 11) is 0. The third-order valence-corrected chi connectivity index (χ3v) is 4.66. The van der Waals surface area contributed by atoms with Gasteiger partial charge in [0.2, 0.25) is 5.91 Å². The van der Waals surface area contributed by atoms with Crippen molar-refractivity contribution in [2.45, 2.75) is 33.1 Å². The van der Waals surface area contributed by atoms with Gasteiger partial charge in [0.15, 0.2) is 0 Å². The van der Waals surface area contributed by atoms with E-state index in [1.54, 1.807) is 6.07 Å². The normalized spacial score (nSPS) is 11.6. The second kappa shape index (κ2) is 7.50. The first kappa shape index (κ1) is 19.7. The van der Waals surface area contributed by atoms with Crippen molar-refractivity contribution in [3.8, 4) is 0 Å². The van der Waals surface area contributed by atoms with Crippen molar-refractivity contribution in [1.29, 1.82) is 0 Å². The monoisotopic (exact) mass is 388 g/mol. The molecule has 0 saturated heterocycles. The second-order valence-electron chi connectivity index (χ2n) is 6.69. The molecule has 0 saturated carbocycles. The molecule has 4 nitrogen and oxygen atoms in total. The van der Waals surface area contributed by atoms with Crippen LogP contribution in [0.25, 0.3) is 10.9 Å². The molecule has 0 radical (unpaired) electrons. The van der Waals surface area contributed by atoms with E-state index >= 15 is 0 Å². The van der Waals surface area contributed by atoms with Gasteiger partial charge in [0.25, 0.3) is 5.56 Å². The summed E-state index contributed by atoms with van der Waals surface area (Å²) in [6, 6.07) is 12.4. The van der Waals surface area contributed by atoms with Crippen LogP contribution in [0.2, 0.25) is 0 Å². The molecule has 1 amide bonds. The highest BCUT2D eigenvalue weighted by Gasteiger charge is 2.33. The Morgan fingerprint density at radius 3 is 2.39 bits per heavy atom. The number of halogens is 3. The Labute approximate surface area is 159 Å². The van der Waals surface area contributed by atoms with E-state index in [-0.39, 0.29) is 24.2 Å². The van der Waals surface area contributed by atoms with Crippen LogP contribution in [-0.2, 0) is 24.1 Å². The lowest BCUT2D eigenvalue weighted by atomic mass is 10.1. The molecule has 0 spiro atoms. The molecule has 2 aromatic carbocycles. The van der Waals surface area contributed by atoms with Crippen molar-refractivity contribution >= 4 is 16.8 Å². The highest BCUT2D eigenvalue weighted by atomic mass is 19.4. The predicted octanol–water partition coefficient (Wildman–Crippen LogP) is 4.40. The van der Waals surface area contributed by atoms with E-state index in [1.165, 1.54) is 30.0 Å². The number of hydrogen-bond donors (Lipinski definition) is 1. The van der Waals surface area contributed by atoms with Gasteiger partial charge in [-0.3, -0.25) is 9.59 Å². The number of pyridine rings is 1. The van der Waals surface area contributed by atoms with Gasteiger partial charge < -0.3 is 9.88 Å². The highest BCUT2D eigenvalue weighted by molar-refractivity contribution is 5.82. The number of carbonyl (C=O) groups excluding carboxylic acids is 1. The Balaban J connectivity index is 1.96. The second-order valence-corrected chi connectivity index (χ2v) is 6.69. The number of fused-ring (bicyclic) bond motifs is 1. The fourth-order valence-corrected chi connectivity index (χ4v) is 3.17. The quantitative estimate of drug-likeness (QED) is 0.720. The fraction of sp³-hybridized carbons (Fsp3) is 0.238. The summed E-state index contributed by atoms with van der Waals surface area (Å²) in [5.41, 5.74) is 0.759. The average molecular weight is 388 g/mol. The third kappa shape index (κ3) is 4.08. The average Bonchev–Trinajstić information content (AvgIpc) is 2.62. The Morgan fingerprint density at radius 2 is 1.71 bits per heavy atom. The van der Waals surface area contributed by atoms with Crippen LogP contribution in [-0.4, -0.2) is 15.8 Å². The lowest BCUT2D eigenvalue weighted by Gasteiger charge is -2.23. The van der Waals surface area contributed by atoms with E-state index in [9.17, 15) is 22.8 Å². The van der Waals surface area contributed by atoms with Gasteiger partial charge >= 0.3 is 6.18 Å². The molecular weight excluding hydrogens is 369 g/mol. The molecule has 3 aromatic rings. The maximum atomic E-state index is 13.2. The third-order valence-electron chi connectivity index (χ3n) is 4.66. The van der Waals surface area contributed by atoms with Crippen LogP contribution in [0.5, 0.6) is 0 Å². The Morgan fingerprint density at radius 1 is 1.04 bits per heavy atom. The number of benzene rings is 2. The van der Waals surface area contributed by atoms with Crippen LogP contribution in [0.4, 0.5) is 13.2 Å². The van der Waals surface area contributed by atoms with Crippen molar-refractivity contribution in [2.75, 3.05) is 0 Å². The number of amides is 1. The van der Waals surface area contributed by atoms with Gasteiger partial charge in [0.1, 0.15) is 0 Å². The smallest absolute Gasteiger partial charge is 0.334 e. The molecule has 3 rings (SSSR count). The number of aryl methyl sites for hydroxylation is 1. The van der Waals surface area contributed by atoms with Crippen LogP contribution >= 0.6 is 0 Å². The van der Waals surface area contributed by atoms with Crippen molar-refractivity contribution in [1.82, 2.24) is 9.88 Å². The van der Waals surface area contributed by atoms with E-state index in [1.807, 2.05) is 25.1 Å².